The molecule has 0 aliphatic heterocycles. The van der Waals surface area contributed by atoms with E-state index in [4.69, 9.17) is 9.72 Å². The van der Waals surface area contributed by atoms with Crippen LogP contribution in [0.25, 0.3) is 0 Å². The predicted molar refractivity (Wildman–Crippen MR) is 113 cm³/mol. The maximum Gasteiger partial charge on any atom is 0.251 e. The molecule has 3 rings (SSSR count). The molecule has 1 aliphatic carbocycles. The van der Waals surface area contributed by atoms with Gasteiger partial charge < -0.3 is 10.1 Å². The molecule has 1 aromatic heterocycles. The number of amides is 1. The molecule has 1 aliphatic rings. The quantitative estimate of drug-likeness (QED) is 0.642. The van der Waals surface area contributed by atoms with Crippen molar-refractivity contribution in [2.75, 3.05) is 27.7 Å². The van der Waals surface area contributed by atoms with Crippen molar-refractivity contribution in [1.82, 2.24) is 14.6 Å². The third-order valence-corrected chi connectivity index (χ3v) is 7.98. The average molecular weight is 438 g/mol. The third-order valence-electron chi connectivity index (χ3n) is 4.93. The molecule has 0 atom stereocenters. The minimum Gasteiger partial charge on any atom is -0.495 e. The molecule has 1 aromatic carbocycles. The SMILES string of the molecule is COc1ccc(C(=O)NCCCc2nc3c(s2)CCCC3)cc1S(=O)(=O)N(C)C. The molecule has 2 aromatic rings. The Balaban J connectivity index is 1.60. The van der Waals surface area contributed by atoms with Gasteiger partial charge in [0.25, 0.3) is 5.91 Å². The smallest absolute Gasteiger partial charge is 0.251 e. The second kappa shape index (κ2) is 9.23. The van der Waals surface area contributed by atoms with Crippen molar-refractivity contribution in [2.24, 2.45) is 0 Å². The zero-order valence-electron chi connectivity index (χ0n) is 17.0. The summed E-state index contributed by atoms with van der Waals surface area (Å²) in [5, 5.41) is 4.00. The summed E-state index contributed by atoms with van der Waals surface area (Å²) in [5.74, 6) is -0.0933. The number of hydrogen-bond donors (Lipinski definition) is 1. The highest BCUT2D eigenvalue weighted by Gasteiger charge is 2.24. The summed E-state index contributed by atoms with van der Waals surface area (Å²) in [5.41, 5.74) is 1.55. The van der Waals surface area contributed by atoms with E-state index in [-0.39, 0.29) is 22.1 Å². The van der Waals surface area contributed by atoms with Crippen molar-refractivity contribution in [2.45, 2.75) is 43.4 Å². The maximum atomic E-state index is 12.5. The summed E-state index contributed by atoms with van der Waals surface area (Å²) in [4.78, 5) is 18.6. The van der Waals surface area contributed by atoms with Gasteiger partial charge in [-0.1, -0.05) is 0 Å². The molecule has 29 heavy (non-hydrogen) atoms. The highest BCUT2D eigenvalue weighted by Crippen LogP contribution is 2.28. The maximum absolute atomic E-state index is 12.5. The van der Waals surface area contributed by atoms with Crippen LogP contribution in [0.3, 0.4) is 0 Å². The van der Waals surface area contributed by atoms with Crippen LogP contribution >= 0.6 is 11.3 Å². The van der Waals surface area contributed by atoms with E-state index in [0.29, 0.717) is 6.54 Å². The number of rotatable bonds is 8. The zero-order chi connectivity index (χ0) is 21.0. The number of methoxy groups -OCH3 is 1. The van der Waals surface area contributed by atoms with Crippen LogP contribution in [0.5, 0.6) is 5.75 Å². The lowest BCUT2D eigenvalue weighted by Crippen LogP contribution is -2.26. The molecule has 0 radical (unpaired) electrons. The second-order valence-corrected chi connectivity index (χ2v) is 10.5. The Morgan fingerprint density at radius 2 is 2.03 bits per heavy atom. The number of ether oxygens (including phenoxy) is 1. The summed E-state index contributed by atoms with van der Waals surface area (Å²) >= 11 is 1.79. The van der Waals surface area contributed by atoms with E-state index in [1.165, 1.54) is 56.8 Å². The number of thiazole rings is 1. The molecular formula is C20H27N3O4S2. The molecule has 7 nitrogen and oxygen atoms in total. The van der Waals surface area contributed by atoms with Gasteiger partial charge in [0, 0.05) is 37.5 Å². The molecular weight excluding hydrogens is 410 g/mol. The Morgan fingerprint density at radius 3 is 2.72 bits per heavy atom. The fourth-order valence-electron chi connectivity index (χ4n) is 3.27. The molecule has 1 amide bonds. The predicted octanol–water partition coefficient (Wildman–Crippen LogP) is 2.64. The number of nitrogens with zero attached hydrogens (tertiary/aromatic N) is 2. The molecule has 1 heterocycles. The standard InChI is InChI=1S/C20H27N3O4S2/c1-23(2)29(25,26)18-13-14(10-11-16(18)27-3)20(24)21-12-6-9-19-22-15-7-4-5-8-17(15)28-19/h10-11,13H,4-9,12H2,1-3H3,(H,21,24). The van der Waals surface area contributed by atoms with E-state index >= 15 is 0 Å². The lowest BCUT2D eigenvalue weighted by Gasteiger charge is -2.15. The summed E-state index contributed by atoms with van der Waals surface area (Å²) in [7, 11) is 0.571. The van der Waals surface area contributed by atoms with Crippen molar-refractivity contribution < 1.29 is 17.9 Å². The molecule has 0 saturated carbocycles. The van der Waals surface area contributed by atoms with Gasteiger partial charge in [0.2, 0.25) is 10.0 Å². The number of aromatic nitrogens is 1. The van der Waals surface area contributed by atoms with Crippen LogP contribution < -0.4 is 10.1 Å². The average Bonchev–Trinajstić information content (AvgIpc) is 3.13. The van der Waals surface area contributed by atoms with E-state index in [0.717, 1.165) is 35.0 Å². The lowest BCUT2D eigenvalue weighted by molar-refractivity contribution is 0.0953. The van der Waals surface area contributed by atoms with Gasteiger partial charge in [-0.2, -0.15) is 0 Å². The Morgan fingerprint density at radius 1 is 1.28 bits per heavy atom. The van der Waals surface area contributed by atoms with Gasteiger partial charge in [-0.15, -0.1) is 11.3 Å². The molecule has 0 saturated heterocycles. The molecule has 9 heteroatoms. The van der Waals surface area contributed by atoms with Crippen LogP contribution in [-0.4, -0.2) is 51.4 Å². The number of sulfonamides is 1. The summed E-state index contributed by atoms with van der Waals surface area (Å²) in [6, 6.07) is 4.43. The Kier molecular flexibility index (Phi) is 6.92. The largest absolute Gasteiger partial charge is 0.495 e. The van der Waals surface area contributed by atoms with Crippen LogP contribution in [-0.2, 0) is 29.3 Å². The first-order valence-electron chi connectivity index (χ1n) is 9.69. The number of carbonyl (C=O) groups is 1. The second-order valence-electron chi connectivity index (χ2n) is 7.20. The van der Waals surface area contributed by atoms with Crippen molar-refractivity contribution in [1.29, 1.82) is 0 Å². The molecule has 158 valence electrons. The monoisotopic (exact) mass is 437 g/mol. The zero-order valence-corrected chi connectivity index (χ0v) is 18.7. The van der Waals surface area contributed by atoms with Gasteiger partial charge in [-0.25, -0.2) is 17.7 Å². The number of hydrogen-bond acceptors (Lipinski definition) is 6. The number of benzene rings is 1. The first-order valence-corrected chi connectivity index (χ1v) is 11.9. The van der Waals surface area contributed by atoms with Gasteiger partial charge >= 0.3 is 0 Å². The van der Waals surface area contributed by atoms with Crippen LogP contribution in [0.2, 0.25) is 0 Å². The fraction of sp³-hybridized carbons (Fsp3) is 0.500. The Hall–Kier alpha value is -1.97. The topological polar surface area (TPSA) is 88.6 Å². The van der Waals surface area contributed by atoms with Crippen LogP contribution in [0.15, 0.2) is 23.1 Å². The van der Waals surface area contributed by atoms with E-state index < -0.39 is 10.0 Å². The highest BCUT2D eigenvalue weighted by atomic mass is 32.2. The molecule has 0 fully saturated rings. The minimum atomic E-state index is -3.72. The number of carbonyl (C=O) groups excluding carboxylic acids is 1. The number of nitrogens with one attached hydrogen (secondary N) is 1. The number of fused-ring (bicyclic) bond motifs is 1. The minimum absolute atomic E-state index is 0.0222. The van der Waals surface area contributed by atoms with E-state index in [1.807, 2.05) is 0 Å². The molecule has 0 unspecified atom stereocenters. The van der Waals surface area contributed by atoms with Crippen molar-refractivity contribution in [3.8, 4) is 5.75 Å². The van der Waals surface area contributed by atoms with E-state index in [1.54, 1.807) is 17.4 Å². The molecule has 0 bridgehead atoms. The van der Waals surface area contributed by atoms with Gasteiger partial charge in [-0.05, 0) is 50.3 Å². The summed E-state index contributed by atoms with van der Waals surface area (Å²) in [6.07, 6.45) is 6.31. The van der Waals surface area contributed by atoms with Gasteiger partial charge in [0.1, 0.15) is 10.6 Å². The first kappa shape index (κ1) is 21.7. The number of aryl methyl sites for hydroxylation is 3. The summed E-state index contributed by atoms with van der Waals surface area (Å²) < 4.78 is 31.2. The Bertz CT molecular complexity index is 960. The Labute approximate surface area is 176 Å². The third kappa shape index (κ3) is 4.96. The van der Waals surface area contributed by atoms with Crippen LogP contribution in [0.4, 0.5) is 0 Å². The van der Waals surface area contributed by atoms with E-state index in [2.05, 4.69) is 5.32 Å². The van der Waals surface area contributed by atoms with Crippen LogP contribution in [0.1, 0.15) is 45.2 Å². The van der Waals surface area contributed by atoms with Crippen molar-refractivity contribution in [3.05, 3.63) is 39.3 Å². The summed E-state index contributed by atoms with van der Waals surface area (Å²) in [6.45, 7) is 0.505. The van der Waals surface area contributed by atoms with Gasteiger partial charge in [0.15, 0.2) is 0 Å². The van der Waals surface area contributed by atoms with E-state index in [9.17, 15) is 13.2 Å². The fourth-order valence-corrected chi connectivity index (χ4v) is 5.55. The molecule has 1 N–H and O–H groups in total. The highest BCUT2D eigenvalue weighted by molar-refractivity contribution is 7.89. The van der Waals surface area contributed by atoms with Gasteiger partial charge in [-0.3, -0.25) is 4.79 Å². The van der Waals surface area contributed by atoms with Gasteiger partial charge in [0.05, 0.1) is 17.8 Å². The first-order chi connectivity index (χ1) is 13.8. The van der Waals surface area contributed by atoms with Crippen LogP contribution in [0, 0.1) is 0 Å². The molecule has 0 spiro atoms. The lowest BCUT2D eigenvalue weighted by atomic mass is 10.0. The normalized spacial score (nSPS) is 13.9. The van der Waals surface area contributed by atoms with Crippen molar-refractivity contribution >= 4 is 27.3 Å². The van der Waals surface area contributed by atoms with Crippen molar-refractivity contribution in [3.63, 3.8) is 0 Å².